The number of nitrogens with one attached hydrogen (secondary N) is 1. The molecule has 1 aliphatic rings. The predicted octanol–water partition coefficient (Wildman–Crippen LogP) is 2.27. The summed E-state index contributed by atoms with van der Waals surface area (Å²) in [6.45, 7) is 6.37. The topological polar surface area (TPSA) is 84.7 Å². The lowest BCUT2D eigenvalue weighted by atomic mass is 10.0. The molecule has 2 amide bonds. The normalized spacial score (nSPS) is 17.2. The molecular formula is C17H26ClN3O3. The summed E-state index contributed by atoms with van der Waals surface area (Å²) in [7, 11) is 1.75. The minimum atomic E-state index is -0.615. The van der Waals surface area contributed by atoms with Crippen molar-refractivity contribution in [3.05, 3.63) is 23.8 Å². The molecule has 1 heterocycles. The zero-order chi connectivity index (χ0) is 17.1. The Bertz CT molecular complexity index is 607. The molecule has 1 aliphatic heterocycles. The molecule has 2 unspecified atom stereocenters. The summed E-state index contributed by atoms with van der Waals surface area (Å²) in [6.07, 6.45) is 0.124. The highest BCUT2D eigenvalue weighted by molar-refractivity contribution is 6.03. The molecule has 0 saturated carbocycles. The third-order valence-corrected chi connectivity index (χ3v) is 4.17. The average molecular weight is 356 g/mol. The van der Waals surface area contributed by atoms with E-state index in [1.54, 1.807) is 37.1 Å². The van der Waals surface area contributed by atoms with Gasteiger partial charge in [0.2, 0.25) is 0 Å². The summed E-state index contributed by atoms with van der Waals surface area (Å²) in [5, 5.41) is 2.75. The second-order valence-corrected chi connectivity index (χ2v) is 6.35. The molecule has 0 aromatic heterocycles. The van der Waals surface area contributed by atoms with Gasteiger partial charge in [0.25, 0.3) is 11.8 Å². The third kappa shape index (κ3) is 4.39. The van der Waals surface area contributed by atoms with Gasteiger partial charge in [-0.1, -0.05) is 19.9 Å². The Hall–Kier alpha value is -1.79. The molecule has 1 aromatic carbocycles. The molecule has 0 fully saturated rings. The van der Waals surface area contributed by atoms with Crippen LogP contribution in [0.3, 0.4) is 0 Å². The van der Waals surface area contributed by atoms with Crippen molar-refractivity contribution in [3.8, 4) is 5.75 Å². The standard InChI is InChI=1S/C17H25N3O3.ClH/c1-10(2)13(18)8-9-20(4)17(22)12-6-5-7-14-15(12)23-11(3)16(21)19-14;/h5-7,10-11,13H,8-9,18H2,1-4H3,(H,19,21);1H. The zero-order valence-electron chi connectivity index (χ0n) is 14.5. The Morgan fingerprint density at radius 1 is 1.42 bits per heavy atom. The lowest BCUT2D eigenvalue weighted by molar-refractivity contribution is -0.122. The van der Waals surface area contributed by atoms with Crippen molar-refractivity contribution < 1.29 is 14.3 Å². The van der Waals surface area contributed by atoms with Gasteiger partial charge >= 0.3 is 0 Å². The van der Waals surface area contributed by atoms with Gasteiger partial charge < -0.3 is 20.7 Å². The van der Waals surface area contributed by atoms with E-state index in [2.05, 4.69) is 19.2 Å². The van der Waals surface area contributed by atoms with E-state index in [-0.39, 0.29) is 30.3 Å². The first kappa shape index (κ1) is 20.3. The van der Waals surface area contributed by atoms with Crippen LogP contribution in [0, 0.1) is 5.92 Å². The minimum absolute atomic E-state index is 0. The number of nitrogens with zero attached hydrogens (tertiary/aromatic N) is 1. The van der Waals surface area contributed by atoms with Gasteiger partial charge in [-0.2, -0.15) is 0 Å². The second kappa shape index (κ2) is 8.35. The van der Waals surface area contributed by atoms with Gasteiger partial charge in [-0.05, 0) is 31.4 Å². The Morgan fingerprint density at radius 3 is 2.71 bits per heavy atom. The number of hydrogen-bond donors (Lipinski definition) is 2. The fourth-order valence-corrected chi connectivity index (χ4v) is 2.38. The summed E-state index contributed by atoms with van der Waals surface area (Å²) >= 11 is 0. The molecule has 2 rings (SSSR count). The predicted molar refractivity (Wildman–Crippen MR) is 96.8 cm³/mol. The first-order valence-electron chi connectivity index (χ1n) is 7.92. The molecule has 24 heavy (non-hydrogen) atoms. The maximum Gasteiger partial charge on any atom is 0.265 e. The molecule has 0 bridgehead atoms. The number of hydrogen-bond acceptors (Lipinski definition) is 4. The fourth-order valence-electron chi connectivity index (χ4n) is 2.38. The van der Waals surface area contributed by atoms with Gasteiger partial charge in [0.15, 0.2) is 11.9 Å². The number of anilines is 1. The highest BCUT2D eigenvalue weighted by atomic mass is 35.5. The molecule has 6 nitrogen and oxygen atoms in total. The monoisotopic (exact) mass is 355 g/mol. The van der Waals surface area contributed by atoms with E-state index in [0.29, 0.717) is 29.5 Å². The first-order chi connectivity index (χ1) is 10.8. The zero-order valence-corrected chi connectivity index (χ0v) is 15.4. The van der Waals surface area contributed by atoms with Crippen LogP contribution in [0.15, 0.2) is 18.2 Å². The Morgan fingerprint density at radius 2 is 2.08 bits per heavy atom. The Balaban J connectivity index is 0.00000288. The van der Waals surface area contributed by atoms with Crippen LogP contribution < -0.4 is 15.8 Å². The van der Waals surface area contributed by atoms with E-state index in [1.807, 2.05) is 0 Å². The molecule has 0 spiro atoms. The van der Waals surface area contributed by atoms with Crippen molar-refractivity contribution in [1.82, 2.24) is 4.90 Å². The van der Waals surface area contributed by atoms with E-state index in [9.17, 15) is 9.59 Å². The summed E-state index contributed by atoms with van der Waals surface area (Å²) in [6, 6.07) is 5.24. The molecule has 3 N–H and O–H groups in total. The molecule has 2 atom stereocenters. The number of rotatable bonds is 5. The van der Waals surface area contributed by atoms with Crippen molar-refractivity contribution in [1.29, 1.82) is 0 Å². The summed E-state index contributed by atoms with van der Waals surface area (Å²) in [4.78, 5) is 26.0. The van der Waals surface area contributed by atoms with Gasteiger partial charge in [-0.15, -0.1) is 12.4 Å². The van der Waals surface area contributed by atoms with E-state index < -0.39 is 6.10 Å². The minimum Gasteiger partial charge on any atom is -0.478 e. The highest BCUT2D eigenvalue weighted by Crippen LogP contribution is 2.33. The number of carbonyl (C=O) groups excluding carboxylic acids is 2. The van der Waals surface area contributed by atoms with Gasteiger partial charge in [-0.3, -0.25) is 9.59 Å². The van der Waals surface area contributed by atoms with E-state index in [0.717, 1.165) is 6.42 Å². The van der Waals surface area contributed by atoms with Gasteiger partial charge in [0.05, 0.1) is 11.3 Å². The van der Waals surface area contributed by atoms with Crippen LogP contribution in [-0.2, 0) is 4.79 Å². The number of para-hydroxylation sites is 1. The number of fused-ring (bicyclic) bond motifs is 1. The molecule has 0 aliphatic carbocycles. The number of carbonyl (C=O) groups is 2. The van der Waals surface area contributed by atoms with E-state index >= 15 is 0 Å². The van der Waals surface area contributed by atoms with Crippen LogP contribution in [0.2, 0.25) is 0 Å². The SMILES string of the molecule is CC1Oc2c(cccc2C(=O)N(C)CCC(N)C(C)C)NC1=O.Cl. The first-order valence-corrected chi connectivity index (χ1v) is 7.92. The Kier molecular flexibility index (Phi) is 7.05. The fraction of sp³-hybridized carbons (Fsp3) is 0.529. The number of amides is 2. The van der Waals surface area contributed by atoms with E-state index in [4.69, 9.17) is 10.5 Å². The van der Waals surface area contributed by atoms with Crippen molar-refractivity contribution in [3.63, 3.8) is 0 Å². The summed E-state index contributed by atoms with van der Waals surface area (Å²) in [5.74, 6) is 0.464. The maximum atomic E-state index is 12.7. The van der Waals surface area contributed by atoms with Crippen LogP contribution in [0.4, 0.5) is 5.69 Å². The molecule has 0 radical (unpaired) electrons. The molecular weight excluding hydrogens is 330 g/mol. The second-order valence-electron chi connectivity index (χ2n) is 6.35. The molecule has 7 heteroatoms. The quantitative estimate of drug-likeness (QED) is 0.848. The van der Waals surface area contributed by atoms with Crippen LogP contribution >= 0.6 is 12.4 Å². The van der Waals surface area contributed by atoms with Crippen LogP contribution in [0.25, 0.3) is 0 Å². The largest absolute Gasteiger partial charge is 0.478 e. The average Bonchev–Trinajstić information content (AvgIpc) is 2.52. The lowest BCUT2D eigenvalue weighted by Crippen LogP contribution is -2.37. The van der Waals surface area contributed by atoms with E-state index in [1.165, 1.54) is 0 Å². The van der Waals surface area contributed by atoms with Crippen LogP contribution in [0.5, 0.6) is 5.75 Å². The van der Waals surface area contributed by atoms with Crippen LogP contribution in [0.1, 0.15) is 37.6 Å². The maximum absolute atomic E-state index is 12.7. The number of benzene rings is 1. The summed E-state index contributed by atoms with van der Waals surface area (Å²) < 4.78 is 5.63. The Labute approximate surface area is 149 Å². The molecule has 134 valence electrons. The molecule has 1 aromatic rings. The van der Waals surface area contributed by atoms with Crippen molar-refractivity contribution in [2.24, 2.45) is 11.7 Å². The van der Waals surface area contributed by atoms with Crippen molar-refractivity contribution in [2.75, 3.05) is 18.9 Å². The third-order valence-electron chi connectivity index (χ3n) is 4.17. The van der Waals surface area contributed by atoms with Crippen molar-refractivity contribution >= 4 is 29.9 Å². The molecule has 0 saturated heterocycles. The number of ether oxygens (including phenoxy) is 1. The smallest absolute Gasteiger partial charge is 0.265 e. The van der Waals surface area contributed by atoms with Gasteiger partial charge in [0, 0.05) is 19.6 Å². The number of nitrogens with two attached hydrogens (primary N) is 1. The summed E-state index contributed by atoms with van der Waals surface area (Å²) in [5.41, 5.74) is 7.03. The van der Waals surface area contributed by atoms with Crippen molar-refractivity contribution in [2.45, 2.75) is 39.3 Å². The van der Waals surface area contributed by atoms with Crippen LogP contribution in [-0.4, -0.2) is 42.5 Å². The lowest BCUT2D eigenvalue weighted by Gasteiger charge is -2.27. The highest BCUT2D eigenvalue weighted by Gasteiger charge is 2.28. The van der Waals surface area contributed by atoms with Gasteiger partial charge in [-0.25, -0.2) is 0 Å². The number of halogens is 1. The van der Waals surface area contributed by atoms with Gasteiger partial charge in [0.1, 0.15) is 0 Å².